The quantitative estimate of drug-likeness (QED) is 0.671. The lowest BCUT2D eigenvalue weighted by molar-refractivity contribution is -0.387. The Balaban J connectivity index is 2.30. The topological polar surface area (TPSA) is 104 Å². The molecule has 110 valence electrons. The van der Waals surface area contributed by atoms with Crippen molar-refractivity contribution >= 4 is 11.6 Å². The molecule has 2 rings (SSSR count). The number of anilines is 1. The molecule has 7 heteroatoms. The van der Waals surface area contributed by atoms with Gasteiger partial charge in [0, 0.05) is 0 Å². The molecule has 1 saturated carbocycles. The van der Waals surface area contributed by atoms with Crippen molar-refractivity contribution in [2.45, 2.75) is 52.1 Å². The standard InChI is InChI=1S/C13H20N4O3/c1-3-9-6-4-5-7-10(9)20-12-11(17(18)19)8(2)15-13(14)16-12/h9-10H,3-7H2,1-2H3,(H2,14,15,16). The Labute approximate surface area is 117 Å². The van der Waals surface area contributed by atoms with Crippen molar-refractivity contribution in [3.63, 3.8) is 0 Å². The van der Waals surface area contributed by atoms with Crippen molar-refractivity contribution in [2.24, 2.45) is 5.92 Å². The van der Waals surface area contributed by atoms with Crippen molar-refractivity contribution in [1.82, 2.24) is 9.97 Å². The van der Waals surface area contributed by atoms with Crippen LogP contribution in [0.5, 0.6) is 5.88 Å². The molecule has 20 heavy (non-hydrogen) atoms. The Bertz CT molecular complexity index is 507. The highest BCUT2D eigenvalue weighted by molar-refractivity contribution is 5.47. The minimum Gasteiger partial charge on any atom is -0.469 e. The lowest BCUT2D eigenvalue weighted by Gasteiger charge is -2.30. The van der Waals surface area contributed by atoms with Gasteiger partial charge in [-0.1, -0.05) is 13.3 Å². The van der Waals surface area contributed by atoms with Crippen LogP contribution in [0, 0.1) is 23.0 Å². The summed E-state index contributed by atoms with van der Waals surface area (Å²) in [7, 11) is 0. The third-order valence-electron chi connectivity index (χ3n) is 3.85. The fourth-order valence-corrected chi connectivity index (χ4v) is 2.79. The molecule has 1 aromatic heterocycles. The average molecular weight is 280 g/mol. The molecule has 0 amide bonds. The van der Waals surface area contributed by atoms with E-state index in [0.29, 0.717) is 5.92 Å². The third-order valence-corrected chi connectivity index (χ3v) is 3.85. The number of nitro groups is 1. The number of nitrogens with two attached hydrogens (primary N) is 1. The van der Waals surface area contributed by atoms with Gasteiger partial charge in [0.1, 0.15) is 11.8 Å². The molecule has 1 aliphatic rings. The zero-order valence-corrected chi connectivity index (χ0v) is 11.8. The van der Waals surface area contributed by atoms with Crippen LogP contribution in [0.15, 0.2) is 0 Å². The van der Waals surface area contributed by atoms with E-state index in [1.165, 1.54) is 6.42 Å². The second kappa shape index (κ2) is 6.02. The molecule has 0 saturated heterocycles. The van der Waals surface area contributed by atoms with Gasteiger partial charge < -0.3 is 10.5 Å². The van der Waals surface area contributed by atoms with Gasteiger partial charge in [-0.25, -0.2) is 4.98 Å². The van der Waals surface area contributed by atoms with Crippen LogP contribution in [0.4, 0.5) is 11.6 Å². The molecule has 1 aliphatic carbocycles. The van der Waals surface area contributed by atoms with Gasteiger partial charge in [-0.05, 0) is 38.5 Å². The predicted octanol–water partition coefficient (Wildman–Crippen LogP) is 2.62. The van der Waals surface area contributed by atoms with Gasteiger partial charge >= 0.3 is 5.69 Å². The maximum Gasteiger partial charge on any atom is 0.352 e. The molecule has 1 fully saturated rings. The Morgan fingerprint density at radius 2 is 2.10 bits per heavy atom. The smallest absolute Gasteiger partial charge is 0.352 e. The Morgan fingerprint density at radius 3 is 2.75 bits per heavy atom. The fraction of sp³-hybridized carbons (Fsp3) is 0.692. The molecule has 1 heterocycles. The van der Waals surface area contributed by atoms with Crippen LogP contribution in [-0.2, 0) is 0 Å². The normalized spacial score (nSPS) is 22.5. The molecular weight excluding hydrogens is 260 g/mol. The molecule has 7 nitrogen and oxygen atoms in total. The second-order valence-electron chi connectivity index (χ2n) is 5.19. The third kappa shape index (κ3) is 2.97. The first-order chi connectivity index (χ1) is 9.52. The van der Waals surface area contributed by atoms with Crippen LogP contribution in [0.2, 0.25) is 0 Å². The van der Waals surface area contributed by atoms with E-state index in [2.05, 4.69) is 16.9 Å². The van der Waals surface area contributed by atoms with E-state index >= 15 is 0 Å². The summed E-state index contributed by atoms with van der Waals surface area (Å²) in [5, 5.41) is 11.2. The Kier molecular flexibility index (Phi) is 4.36. The van der Waals surface area contributed by atoms with E-state index in [1.54, 1.807) is 6.92 Å². The number of hydrogen-bond donors (Lipinski definition) is 1. The molecular formula is C13H20N4O3. The van der Waals surface area contributed by atoms with Crippen LogP contribution in [0.3, 0.4) is 0 Å². The van der Waals surface area contributed by atoms with Gasteiger partial charge in [0.15, 0.2) is 0 Å². The summed E-state index contributed by atoms with van der Waals surface area (Å²) in [6, 6.07) is 0. The number of ether oxygens (including phenoxy) is 1. The molecule has 0 aliphatic heterocycles. The minimum absolute atomic E-state index is 0.00495. The fourth-order valence-electron chi connectivity index (χ4n) is 2.79. The zero-order valence-electron chi connectivity index (χ0n) is 11.8. The van der Waals surface area contributed by atoms with Crippen molar-refractivity contribution in [1.29, 1.82) is 0 Å². The largest absolute Gasteiger partial charge is 0.469 e. The van der Waals surface area contributed by atoms with Crippen LogP contribution in [-0.4, -0.2) is 21.0 Å². The summed E-state index contributed by atoms with van der Waals surface area (Å²) < 4.78 is 5.84. The van der Waals surface area contributed by atoms with Gasteiger partial charge in [-0.15, -0.1) is 0 Å². The van der Waals surface area contributed by atoms with E-state index in [4.69, 9.17) is 10.5 Å². The minimum atomic E-state index is -0.506. The molecule has 0 radical (unpaired) electrons. The monoisotopic (exact) mass is 280 g/mol. The summed E-state index contributed by atoms with van der Waals surface area (Å²) >= 11 is 0. The lowest BCUT2D eigenvalue weighted by atomic mass is 9.85. The Hall–Kier alpha value is -1.92. The summed E-state index contributed by atoms with van der Waals surface area (Å²) in [5.41, 5.74) is 5.63. The number of hydrogen-bond acceptors (Lipinski definition) is 6. The average Bonchev–Trinajstić information content (AvgIpc) is 2.38. The number of aromatic nitrogens is 2. The van der Waals surface area contributed by atoms with E-state index in [9.17, 15) is 10.1 Å². The molecule has 0 aromatic carbocycles. The highest BCUT2D eigenvalue weighted by atomic mass is 16.6. The zero-order chi connectivity index (χ0) is 14.7. The molecule has 0 bridgehead atoms. The highest BCUT2D eigenvalue weighted by Crippen LogP contribution is 2.34. The first-order valence-corrected chi connectivity index (χ1v) is 6.98. The number of nitrogens with zero attached hydrogens (tertiary/aromatic N) is 3. The lowest BCUT2D eigenvalue weighted by Crippen LogP contribution is -2.30. The highest BCUT2D eigenvalue weighted by Gasteiger charge is 2.30. The van der Waals surface area contributed by atoms with Gasteiger partial charge in [-0.3, -0.25) is 10.1 Å². The molecule has 1 aromatic rings. The van der Waals surface area contributed by atoms with Crippen LogP contribution >= 0.6 is 0 Å². The van der Waals surface area contributed by atoms with Crippen molar-refractivity contribution in [3.8, 4) is 5.88 Å². The number of nitrogen functional groups attached to an aromatic ring is 1. The first kappa shape index (κ1) is 14.5. The SMILES string of the molecule is CCC1CCCCC1Oc1nc(N)nc(C)c1[N+](=O)[O-]. The molecule has 2 N–H and O–H groups in total. The van der Waals surface area contributed by atoms with E-state index in [1.807, 2.05) is 0 Å². The first-order valence-electron chi connectivity index (χ1n) is 6.98. The number of rotatable bonds is 4. The van der Waals surface area contributed by atoms with Crippen molar-refractivity contribution in [2.75, 3.05) is 5.73 Å². The van der Waals surface area contributed by atoms with Crippen LogP contribution < -0.4 is 10.5 Å². The van der Waals surface area contributed by atoms with Crippen molar-refractivity contribution in [3.05, 3.63) is 15.8 Å². The summed E-state index contributed by atoms with van der Waals surface area (Å²) in [5.74, 6) is 0.428. The van der Waals surface area contributed by atoms with Gasteiger partial charge in [-0.2, -0.15) is 4.98 Å². The molecule has 2 unspecified atom stereocenters. The molecule has 0 spiro atoms. The van der Waals surface area contributed by atoms with Crippen LogP contribution in [0.25, 0.3) is 0 Å². The van der Waals surface area contributed by atoms with Gasteiger partial charge in [0.25, 0.3) is 5.88 Å². The van der Waals surface area contributed by atoms with E-state index < -0.39 is 4.92 Å². The van der Waals surface area contributed by atoms with Crippen LogP contribution in [0.1, 0.15) is 44.7 Å². The summed E-state index contributed by atoms with van der Waals surface area (Å²) in [6.07, 6.45) is 5.23. The van der Waals surface area contributed by atoms with E-state index in [0.717, 1.165) is 25.7 Å². The van der Waals surface area contributed by atoms with E-state index in [-0.39, 0.29) is 29.3 Å². The predicted molar refractivity (Wildman–Crippen MR) is 74.5 cm³/mol. The van der Waals surface area contributed by atoms with Crippen molar-refractivity contribution < 1.29 is 9.66 Å². The maximum absolute atomic E-state index is 11.2. The second-order valence-corrected chi connectivity index (χ2v) is 5.19. The summed E-state index contributed by atoms with van der Waals surface area (Å²) in [4.78, 5) is 18.4. The van der Waals surface area contributed by atoms with Gasteiger partial charge in [0.2, 0.25) is 5.95 Å². The Morgan fingerprint density at radius 1 is 1.40 bits per heavy atom. The van der Waals surface area contributed by atoms with Gasteiger partial charge in [0.05, 0.1) is 4.92 Å². The summed E-state index contributed by atoms with van der Waals surface area (Å²) in [6.45, 7) is 3.65. The number of aryl methyl sites for hydroxylation is 1. The molecule has 2 atom stereocenters. The maximum atomic E-state index is 11.2.